The average Bonchev–Trinajstić information content (AvgIpc) is 3.34. The molecule has 0 saturated carbocycles. The number of benzene rings is 3. The van der Waals surface area contributed by atoms with E-state index in [4.69, 9.17) is 19.2 Å². The second-order valence-corrected chi connectivity index (χ2v) is 9.61. The lowest BCUT2D eigenvalue weighted by Gasteiger charge is -2.13. The number of aryl methyl sites for hydroxylation is 2. The van der Waals surface area contributed by atoms with Gasteiger partial charge in [0, 0.05) is 19.5 Å². The summed E-state index contributed by atoms with van der Waals surface area (Å²) in [7, 11) is 1.66. The van der Waals surface area contributed by atoms with Crippen molar-refractivity contribution in [2.75, 3.05) is 26.9 Å². The summed E-state index contributed by atoms with van der Waals surface area (Å²) in [6, 6.07) is 23.7. The van der Waals surface area contributed by atoms with E-state index in [0.29, 0.717) is 18.9 Å². The lowest BCUT2D eigenvalue weighted by atomic mass is 10.1. The second kappa shape index (κ2) is 15.4. The van der Waals surface area contributed by atoms with Crippen LogP contribution in [0.2, 0.25) is 0 Å². The van der Waals surface area contributed by atoms with Crippen LogP contribution in [0.4, 0.5) is 0 Å². The number of para-hydroxylation sites is 3. The standard InChI is InChI=1S/C33H39N3O4/c1-3-13-26-19-20-30(31(24-26)38-2)39-23-12-22-36-29-17-10-9-16-28(29)35-32(36)18-8-5-11-21-34-33(37)25-40-27-14-6-4-7-15-27/h3-4,6-7,9-10,14-17,19-20,24H,1,5,8,11-13,18,21-23,25H2,2H3,(H,34,37). The zero-order chi connectivity index (χ0) is 28.0. The van der Waals surface area contributed by atoms with Gasteiger partial charge in [0.2, 0.25) is 0 Å². The van der Waals surface area contributed by atoms with Gasteiger partial charge in [-0.1, -0.05) is 48.9 Å². The smallest absolute Gasteiger partial charge is 0.257 e. The van der Waals surface area contributed by atoms with Crippen molar-refractivity contribution >= 4 is 16.9 Å². The third-order valence-corrected chi connectivity index (χ3v) is 6.64. The van der Waals surface area contributed by atoms with E-state index in [1.807, 2.05) is 60.7 Å². The van der Waals surface area contributed by atoms with Gasteiger partial charge in [-0.3, -0.25) is 4.79 Å². The van der Waals surface area contributed by atoms with Gasteiger partial charge >= 0.3 is 0 Å². The lowest BCUT2D eigenvalue weighted by molar-refractivity contribution is -0.123. The Morgan fingerprint density at radius 1 is 0.950 bits per heavy atom. The summed E-state index contributed by atoms with van der Waals surface area (Å²) in [5.41, 5.74) is 3.31. The zero-order valence-corrected chi connectivity index (χ0v) is 23.3. The van der Waals surface area contributed by atoms with Gasteiger partial charge in [-0.25, -0.2) is 4.98 Å². The molecule has 0 spiro atoms. The van der Waals surface area contributed by atoms with Crippen molar-refractivity contribution in [2.45, 2.75) is 45.1 Å². The van der Waals surface area contributed by atoms with Crippen LogP contribution in [0.25, 0.3) is 11.0 Å². The summed E-state index contributed by atoms with van der Waals surface area (Å²) < 4.78 is 19.4. The molecule has 1 aromatic heterocycles. The van der Waals surface area contributed by atoms with Crippen LogP contribution in [0.5, 0.6) is 17.2 Å². The van der Waals surface area contributed by atoms with E-state index in [9.17, 15) is 4.79 Å². The van der Waals surface area contributed by atoms with Gasteiger partial charge in [-0.15, -0.1) is 6.58 Å². The van der Waals surface area contributed by atoms with Crippen molar-refractivity contribution in [3.8, 4) is 17.2 Å². The molecule has 1 heterocycles. The molecular formula is C33H39N3O4. The van der Waals surface area contributed by atoms with Crippen LogP contribution in [0, 0.1) is 0 Å². The molecule has 7 nitrogen and oxygen atoms in total. The van der Waals surface area contributed by atoms with E-state index in [1.165, 1.54) is 0 Å². The molecule has 0 fully saturated rings. The predicted molar refractivity (Wildman–Crippen MR) is 159 cm³/mol. The zero-order valence-electron chi connectivity index (χ0n) is 23.3. The first kappa shape index (κ1) is 28.7. The molecule has 0 aliphatic rings. The van der Waals surface area contributed by atoms with Gasteiger partial charge in [0.05, 0.1) is 24.8 Å². The lowest BCUT2D eigenvalue weighted by Crippen LogP contribution is -2.29. The number of fused-ring (bicyclic) bond motifs is 1. The van der Waals surface area contributed by atoms with Gasteiger partial charge in [-0.2, -0.15) is 0 Å². The number of carbonyl (C=O) groups excluding carboxylic acids is 1. The van der Waals surface area contributed by atoms with Crippen molar-refractivity contribution in [3.63, 3.8) is 0 Å². The molecule has 7 heteroatoms. The first-order valence-electron chi connectivity index (χ1n) is 14.0. The number of ether oxygens (including phenoxy) is 3. The highest BCUT2D eigenvalue weighted by Crippen LogP contribution is 2.28. The van der Waals surface area contributed by atoms with Crippen LogP contribution >= 0.6 is 0 Å². The quantitative estimate of drug-likeness (QED) is 0.128. The number of methoxy groups -OCH3 is 1. The van der Waals surface area contributed by atoms with Crippen molar-refractivity contribution in [1.29, 1.82) is 0 Å². The summed E-state index contributed by atoms with van der Waals surface area (Å²) in [4.78, 5) is 16.9. The Bertz CT molecular complexity index is 1370. The number of unbranched alkanes of at least 4 members (excludes halogenated alkanes) is 2. The van der Waals surface area contributed by atoms with Crippen LogP contribution in [-0.2, 0) is 24.2 Å². The highest BCUT2D eigenvalue weighted by molar-refractivity contribution is 5.77. The van der Waals surface area contributed by atoms with Crippen LogP contribution < -0.4 is 19.5 Å². The monoisotopic (exact) mass is 541 g/mol. The Hall–Kier alpha value is -4.26. The van der Waals surface area contributed by atoms with Crippen molar-refractivity contribution < 1.29 is 19.0 Å². The number of amides is 1. The van der Waals surface area contributed by atoms with Crippen LogP contribution in [0.1, 0.15) is 37.1 Å². The number of aromatic nitrogens is 2. The van der Waals surface area contributed by atoms with Gasteiger partial charge < -0.3 is 24.1 Å². The SMILES string of the molecule is C=CCc1ccc(OCCCn2c(CCCCCNC(=O)COc3ccccc3)nc3ccccc32)c(OC)c1. The molecule has 40 heavy (non-hydrogen) atoms. The molecule has 0 aliphatic carbocycles. The molecule has 0 aliphatic heterocycles. The number of rotatable bonds is 17. The van der Waals surface area contributed by atoms with Gasteiger partial charge in [0.25, 0.3) is 5.91 Å². The molecule has 0 atom stereocenters. The number of hydrogen-bond acceptors (Lipinski definition) is 5. The fourth-order valence-electron chi connectivity index (χ4n) is 4.62. The van der Waals surface area contributed by atoms with Crippen molar-refractivity contribution in [2.24, 2.45) is 0 Å². The van der Waals surface area contributed by atoms with Gasteiger partial charge in [0.1, 0.15) is 11.6 Å². The summed E-state index contributed by atoms with van der Waals surface area (Å²) in [6.07, 6.45) is 7.34. The molecule has 0 unspecified atom stereocenters. The highest BCUT2D eigenvalue weighted by atomic mass is 16.5. The fraction of sp³-hybridized carbons (Fsp3) is 0.333. The van der Waals surface area contributed by atoms with Crippen LogP contribution in [-0.4, -0.2) is 42.3 Å². The molecular weight excluding hydrogens is 502 g/mol. The minimum atomic E-state index is -0.0989. The molecule has 4 aromatic rings. The molecule has 3 aromatic carbocycles. The summed E-state index contributed by atoms with van der Waals surface area (Å²) >= 11 is 0. The van der Waals surface area contributed by atoms with Crippen molar-refractivity contribution in [1.82, 2.24) is 14.9 Å². The highest BCUT2D eigenvalue weighted by Gasteiger charge is 2.11. The molecule has 1 N–H and O–H groups in total. The number of nitrogens with one attached hydrogen (secondary N) is 1. The number of allylic oxidation sites excluding steroid dienone is 1. The third kappa shape index (κ3) is 8.37. The van der Waals surface area contributed by atoms with E-state index >= 15 is 0 Å². The second-order valence-electron chi connectivity index (χ2n) is 9.61. The first-order valence-corrected chi connectivity index (χ1v) is 14.0. The van der Waals surface area contributed by atoms with Crippen molar-refractivity contribution in [3.05, 3.63) is 96.8 Å². The molecule has 0 saturated heterocycles. The minimum absolute atomic E-state index is 0.0329. The Morgan fingerprint density at radius 3 is 2.60 bits per heavy atom. The largest absolute Gasteiger partial charge is 0.493 e. The third-order valence-electron chi connectivity index (χ3n) is 6.64. The summed E-state index contributed by atoms with van der Waals surface area (Å²) in [5, 5.41) is 2.94. The molecule has 4 rings (SSSR count). The normalized spacial score (nSPS) is 10.8. The average molecular weight is 542 g/mol. The molecule has 210 valence electrons. The Kier molecular flexibility index (Phi) is 11.0. The van der Waals surface area contributed by atoms with Gasteiger partial charge in [-0.05, 0) is 67.6 Å². The van der Waals surface area contributed by atoms with Crippen LogP contribution in [0.15, 0.2) is 85.5 Å². The van der Waals surface area contributed by atoms with E-state index < -0.39 is 0 Å². The maximum Gasteiger partial charge on any atom is 0.257 e. The number of nitrogens with zero attached hydrogens (tertiary/aromatic N) is 2. The molecule has 0 bridgehead atoms. The number of imidazole rings is 1. The topological polar surface area (TPSA) is 74.6 Å². The predicted octanol–water partition coefficient (Wildman–Crippen LogP) is 6.15. The maximum absolute atomic E-state index is 12.0. The fourth-order valence-corrected chi connectivity index (χ4v) is 4.62. The number of hydrogen-bond donors (Lipinski definition) is 1. The Morgan fingerprint density at radius 2 is 1.77 bits per heavy atom. The minimum Gasteiger partial charge on any atom is -0.493 e. The van der Waals surface area contributed by atoms with E-state index in [0.717, 1.165) is 79.0 Å². The van der Waals surface area contributed by atoms with E-state index in [1.54, 1.807) is 7.11 Å². The number of carbonyl (C=O) groups is 1. The summed E-state index contributed by atoms with van der Waals surface area (Å²) in [6.45, 7) is 5.88. The Balaban J connectivity index is 1.21. The van der Waals surface area contributed by atoms with E-state index in [-0.39, 0.29) is 12.5 Å². The maximum atomic E-state index is 12.0. The molecule has 1 amide bonds. The first-order chi connectivity index (χ1) is 19.7. The summed E-state index contributed by atoms with van der Waals surface area (Å²) in [5.74, 6) is 3.19. The Labute approximate surface area is 236 Å². The van der Waals surface area contributed by atoms with Crippen LogP contribution in [0.3, 0.4) is 0 Å². The van der Waals surface area contributed by atoms with Gasteiger partial charge in [0.15, 0.2) is 18.1 Å². The molecule has 0 radical (unpaired) electrons. The van der Waals surface area contributed by atoms with E-state index in [2.05, 4.69) is 34.7 Å².